The van der Waals surface area contributed by atoms with Crippen LogP contribution in [0.3, 0.4) is 0 Å². The summed E-state index contributed by atoms with van der Waals surface area (Å²) in [7, 11) is -7.00. The largest absolute Gasteiger partial charge is 0.523 e. The monoisotopic (exact) mass is 332 g/mol. The first-order chi connectivity index (χ1) is 8.07. The topological polar surface area (TPSA) is 43.4 Å². The molecule has 3 nitrogen and oxygen atoms in total. The zero-order valence-electron chi connectivity index (χ0n) is 8.07. The van der Waals surface area contributed by atoms with Crippen LogP contribution in [0.2, 0.25) is 0 Å². The van der Waals surface area contributed by atoms with Gasteiger partial charge in [0.2, 0.25) is 0 Å². The molecule has 0 aliphatic heterocycles. The van der Waals surface area contributed by atoms with Crippen molar-refractivity contribution in [2.75, 3.05) is 0 Å². The fourth-order valence-electron chi connectivity index (χ4n) is 0.523. The summed E-state index contributed by atoms with van der Waals surface area (Å²) >= 11 is 0. The van der Waals surface area contributed by atoms with E-state index in [1.165, 1.54) is 0 Å². The van der Waals surface area contributed by atoms with Gasteiger partial charge in [-0.15, -0.1) is 0 Å². The first kappa shape index (κ1) is 18.2. The van der Waals surface area contributed by atoms with Gasteiger partial charge >= 0.3 is 33.9 Å². The lowest BCUT2D eigenvalue weighted by molar-refractivity contribution is -0.311. The maximum Gasteiger partial charge on any atom is 0.523 e. The highest BCUT2D eigenvalue weighted by molar-refractivity contribution is 7.87. The Kier molecular flexibility index (Phi) is 4.75. The van der Waals surface area contributed by atoms with Crippen molar-refractivity contribution in [3.8, 4) is 0 Å². The van der Waals surface area contributed by atoms with Crippen LogP contribution in [0.1, 0.15) is 0 Å². The highest BCUT2D eigenvalue weighted by Gasteiger charge is 2.70. The lowest BCUT2D eigenvalue weighted by atomic mass is 10.2. The summed E-state index contributed by atoms with van der Waals surface area (Å²) in [5, 5.41) is 0. The minimum atomic E-state index is -7.00. The van der Waals surface area contributed by atoms with Crippen LogP contribution in [0.5, 0.6) is 0 Å². The second-order valence-electron chi connectivity index (χ2n) is 2.86. The zero-order valence-corrected chi connectivity index (χ0v) is 8.88. The Bertz CT molecular complexity index is 411. The molecule has 0 aliphatic carbocycles. The maximum atomic E-state index is 12.4. The van der Waals surface area contributed by atoms with Crippen LogP contribution in [0.4, 0.5) is 43.9 Å². The summed E-state index contributed by atoms with van der Waals surface area (Å²) in [5.41, 5.74) is -6.40. The van der Waals surface area contributed by atoms with Gasteiger partial charge in [-0.2, -0.15) is 39.2 Å². The second kappa shape index (κ2) is 4.96. The van der Waals surface area contributed by atoms with Crippen molar-refractivity contribution in [2.24, 2.45) is 0 Å². The van der Waals surface area contributed by atoms with E-state index in [9.17, 15) is 52.3 Å². The molecule has 0 spiro atoms. The van der Waals surface area contributed by atoms with Gasteiger partial charge in [-0.3, -0.25) is 0 Å². The van der Waals surface area contributed by atoms with E-state index in [0.29, 0.717) is 0 Å². The molecular weight excluding hydrogens is 330 g/mol. The third-order valence-electron chi connectivity index (χ3n) is 1.50. The number of hydrogen-bond acceptors (Lipinski definition) is 3. The Morgan fingerprint density at radius 2 is 1.16 bits per heavy atom. The summed E-state index contributed by atoms with van der Waals surface area (Å²) in [6.45, 7) is 0. The smallest absolute Gasteiger partial charge is 0.219 e. The molecule has 19 heavy (non-hydrogen) atoms. The van der Waals surface area contributed by atoms with Crippen molar-refractivity contribution < 1.29 is 56.5 Å². The van der Waals surface area contributed by atoms with E-state index in [1.807, 2.05) is 0 Å². The van der Waals surface area contributed by atoms with Crippen molar-refractivity contribution in [1.82, 2.24) is 0 Å². The maximum absolute atomic E-state index is 12.4. The molecule has 0 amide bonds. The molecule has 0 heterocycles. The Balaban J connectivity index is 5.30. The Morgan fingerprint density at radius 3 is 1.42 bits per heavy atom. The molecule has 116 valence electrons. The van der Waals surface area contributed by atoms with Gasteiger partial charge in [0.15, 0.2) is 0 Å². The number of hydrogen-bond donors (Lipinski definition) is 0. The van der Waals surface area contributed by atoms with Crippen molar-refractivity contribution >= 4 is 10.1 Å². The van der Waals surface area contributed by atoms with E-state index >= 15 is 0 Å². The van der Waals surface area contributed by atoms with Crippen LogP contribution in [0, 0.1) is 0 Å². The predicted octanol–water partition coefficient (Wildman–Crippen LogP) is 2.68. The molecule has 0 bridgehead atoms. The fourth-order valence-corrected chi connectivity index (χ4v) is 0.975. The normalized spacial score (nSPS) is 16.8. The molecular formula is C5H2F10O3S. The summed E-state index contributed by atoms with van der Waals surface area (Å²) in [6.07, 6.45) is -10.3. The first-order valence-corrected chi connectivity index (χ1v) is 5.15. The zero-order chi connectivity index (χ0) is 15.9. The SMILES string of the molecule is O=S(=O)(OC(F)C(F)(F)C(F)(F)C(F)F)C(F)(F)F. The van der Waals surface area contributed by atoms with Crippen molar-refractivity contribution in [2.45, 2.75) is 30.1 Å². The number of rotatable bonds is 5. The minimum absolute atomic E-state index is 2.12. The van der Waals surface area contributed by atoms with Gasteiger partial charge in [-0.25, -0.2) is 17.4 Å². The van der Waals surface area contributed by atoms with Gasteiger partial charge in [0.05, 0.1) is 0 Å². The van der Waals surface area contributed by atoms with Gasteiger partial charge in [0.25, 0.3) is 6.36 Å². The summed E-state index contributed by atoms with van der Waals surface area (Å²) < 4.78 is 141. The van der Waals surface area contributed by atoms with E-state index < -0.39 is 40.3 Å². The first-order valence-electron chi connectivity index (χ1n) is 3.74. The van der Waals surface area contributed by atoms with Gasteiger partial charge < -0.3 is 0 Å². The van der Waals surface area contributed by atoms with Crippen molar-refractivity contribution in [3.63, 3.8) is 0 Å². The lowest BCUT2D eigenvalue weighted by Crippen LogP contribution is -2.54. The van der Waals surface area contributed by atoms with Gasteiger partial charge in [0.1, 0.15) is 0 Å². The van der Waals surface area contributed by atoms with Crippen LogP contribution in [-0.4, -0.2) is 38.6 Å². The van der Waals surface area contributed by atoms with E-state index in [0.717, 1.165) is 0 Å². The van der Waals surface area contributed by atoms with E-state index in [-0.39, 0.29) is 0 Å². The van der Waals surface area contributed by atoms with Crippen LogP contribution in [-0.2, 0) is 14.3 Å². The van der Waals surface area contributed by atoms with Crippen LogP contribution in [0.15, 0.2) is 0 Å². The van der Waals surface area contributed by atoms with Crippen molar-refractivity contribution in [3.05, 3.63) is 0 Å². The average Bonchev–Trinajstić information content (AvgIpc) is 2.14. The fraction of sp³-hybridized carbons (Fsp3) is 1.00. The Labute approximate surface area is 97.8 Å². The van der Waals surface area contributed by atoms with Crippen molar-refractivity contribution in [1.29, 1.82) is 0 Å². The molecule has 0 N–H and O–H groups in total. The lowest BCUT2D eigenvalue weighted by Gasteiger charge is -2.27. The average molecular weight is 332 g/mol. The molecule has 0 saturated heterocycles. The third-order valence-corrected chi connectivity index (χ3v) is 2.49. The molecule has 14 heteroatoms. The van der Waals surface area contributed by atoms with E-state index in [4.69, 9.17) is 0 Å². The molecule has 0 fully saturated rings. The number of alkyl halides is 10. The number of halogens is 10. The molecule has 1 unspecified atom stereocenters. The molecule has 1 atom stereocenters. The van der Waals surface area contributed by atoms with E-state index in [1.54, 1.807) is 0 Å². The molecule has 0 aromatic rings. The quantitative estimate of drug-likeness (QED) is 0.442. The van der Waals surface area contributed by atoms with Gasteiger partial charge in [-0.1, -0.05) is 0 Å². The third kappa shape index (κ3) is 3.40. The molecule has 0 aromatic heterocycles. The van der Waals surface area contributed by atoms with Crippen LogP contribution < -0.4 is 0 Å². The predicted molar refractivity (Wildman–Crippen MR) is 36.9 cm³/mol. The van der Waals surface area contributed by atoms with Crippen LogP contribution >= 0.6 is 0 Å². The van der Waals surface area contributed by atoms with Gasteiger partial charge in [-0.05, 0) is 0 Å². The Hall–Kier alpha value is -0.790. The molecule has 0 aliphatic rings. The molecule has 0 saturated carbocycles. The molecule has 0 radical (unpaired) electrons. The van der Waals surface area contributed by atoms with Crippen LogP contribution in [0.25, 0.3) is 0 Å². The van der Waals surface area contributed by atoms with E-state index in [2.05, 4.69) is 4.18 Å². The highest BCUT2D eigenvalue weighted by atomic mass is 32.2. The minimum Gasteiger partial charge on any atom is -0.219 e. The Morgan fingerprint density at radius 1 is 0.789 bits per heavy atom. The summed E-state index contributed by atoms with van der Waals surface area (Å²) in [6, 6.07) is 0. The highest BCUT2D eigenvalue weighted by Crippen LogP contribution is 2.44. The molecule has 0 aromatic carbocycles. The summed E-state index contributed by atoms with van der Waals surface area (Å²) in [4.78, 5) is 0. The summed E-state index contributed by atoms with van der Waals surface area (Å²) in [5.74, 6) is -12.9. The second-order valence-corrected chi connectivity index (χ2v) is 4.42. The van der Waals surface area contributed by atoms with Gasteiger partial charge in [0, 0.05) is 0 Å². The molecule has 0 rings (SSSR count). The standard InChI is InChI=1S/C5H2F10O3S/c6-1(7)3(9,10)4(11,12)2(8)18-19(16,17)5(13,14)15/h1-2H.